The molecule has 1 aromatic carbocycles. The highest BCUT2D eigenvalue weighted by molar-refractivity contribution is 7.91. The molecule has 1 aliphatic rings. The minimum atomic E-state index is -3.10. The first-order valence-electron chi connectivity index (χ1n) is 8.14. The third kappa shape index (κ3) is 5.55. The fraction of sp³-hybridized carbons (Fsp3) is 0.471. The van der Waals surface area contributed by atoms with Crippen LogP contribution < -0.4 is 5.32 Å². The summed E-state index contributed by atoms with van der Waals surface area (Å²) < 4.78 is 27.8. The topological polar surface area (TPSA) is 110 Å². The lowest BCUT2D eigenvalue weighted by atomic mass is 10.1. The van der Waals surface area contributed by atoms with Gasteiger partial charge in [-0.2, -0.15) is 0 Å². The van der Waals surface area contributed by atoms with Crippen LogP contribution in [0.15, 0.2) is 24.3 Å². The maximum absolute atomic E-state index is 12.0. The van der Waals surface area contributed by atoms with Crippen LogP contribution in [0.5, 0.6) is 0 Å². The Morgan fingerprint density at radius 3 is 2.65 bits per heavy atom. The van der Waals surface area contributed by atoms with Gasteiger partial charge in [-0.1, -0.05) is 17.7 Å². The fourth-order valence-corrected chi connectivity index (χ4v) is 4.39. The minimum absolute atomic E-state index is 0.0556. The van der Waals surface area contributed by atoms with Crippen molar-refractivity contribution >= 4 is 27.6 Å². The van der Waals surface area contributed by atoms with Gasteiger partial charge in [-0.3, -0.25) is 14.4 Å². The van der Waals surface area contributed by atoms with E-state index in [1.807, 2.05) is 13.0 Å². The van der Waals surface area contributed by atoms with Crippen molar-refractivity contribution in [1.82, 2.24) is 10.2 Å². The van der Waals surface area contributed by atoms with E-state index in [1.165, 1.54) is 11.9 Å². The molecule has 0 aliphatic carbocycles. The van der Waals surface area contributed by atoms with E-state index >= 15 is 0 Å². The molecule has 1 aliphatic heterocycles. The number of aryl methyl sites for hydroxylation is 1. The molecule has 2 rings (SSSR count). The number of nitrogens with one attached hydrogen (secondary N) is 1. The van der Waals surface area contributed by atoms with Crippen molar-refractivity contribution in [1.29, 1.82) is 0 Å². The molecule has 1 saturated heterocycles. The van der Waals surface area contributed by atoms with E-state index in [4.69, 9.17) is 4.74 Å². The number of benzene rings is 1. The number of esters is 1. The van der Waals surface area contributed by atoms with Gasteiger partial charge in [-0.15, -0.1) is 0 Å². The van der Waals surface area contributed by atoms with Gasteiger partial charge >= 0.3 is 5.97 Å². The number of hydrogen-bond donors (Lipinski definition) is 1. The average molecular weight is 382 g/mol. The highest BCUT2D eigenvalue weighted by Crippen LogP contribution is 2.16. The van der Waals surface area contributed by atoms with E-state index in [0.29, 0.717) is 12.0 Å². The summed E-state index contributed by atoms with van der Waals surface area (Å²) in [6.07, 6.45) is 0.380. The quantitative estimate of drug-likeness (QED) is 0.689. The number of carbonyl (C=O) groups is 3. The van der Waals surface area contributed by atoms with Crippen LogP contribution in [-0.4, -0.2) is 68.8 Å². The molecule has 9 heteroatoms. The number of hydrogen-bond acceptors (Lipinski definition) is 6. The second-order valence-electron chi connectivity index (χ2n) is 6.27. The molecule has 0 spiro atoms. The Balaban J connectivity index is 1.74. The Hall–Kier alpha value is -2.42. The number of likely N-dealkylation sites (N-methyl/N-ethyl adjacent to an activating group) is 1. The van der Waals surface area contributed by atoms with Crippen molar-refractivity contribution in [2.24, 2.45) is 0 Å². The van der Waals surface area contributed by atoms with Crippen LogP contribution in [0.3, 0.4) is 0 Å². The number of sulfone groups is 1. The molecule has 0 unspecified atom stereocenters. The summed E-state index contributed by atoms with van der Waals surface area (Å²) in [6.45, 7) is 0.997. The lowest BCUT2D eigenvalue weighted by Gasteiger charge is -2.23. The van der Waals surface area contributed by atoms with E-state index in [9.17, 15) is 22.8 Å². The van der Waals surface area contributed by atoms with Gasteiger partial charge in [0.1, 0.15) is 6.54 Å². The Bertz CT molecular complexity index is 805. The van der Waals surface area contributed by atoms with Crippen LogP contribution in [0.25, 0.3) is 0 Å². The molecular weight excluding hydrogens is 360 g/mol. The fourth-order valence-electron chi connectivity index (χ4n) is 2.62. The molecule has 0 aromatic heterocycles. The molecule has 2 amide bonds. The van der Waals surface area contributed by atoms with E-state index in [-0.39, 0.29) is 18.1 Å². The summed E-state index contributed by atoms with van der Waals surface area (Å²) >= 11 is 0. The van der Waals surface area contributed by atoms with Gasteiger partial charge in [-0.05, 0) is 25.5 Å². The SMILES string of the molecule is Cc1cccc(C(=O)NCC(=O)OCC(=O)N(C)[C@@H]2CCS(=O)(=O)C2)c1. The second-order valence-corrected chi connectivity index (χ2v) is 8.50. The summed E-state index contributed by atoms with van der Waals surface area (Å²) in [5.74, 6) is -1.65. The zero-order valence-corrected chi connectivity index (χ0v) is 15.5. The first kappa shape index (κ1) is 19.9. The smallest absolute Gasteiger partial charge is 0.325 e. The number of carbonyl (C=O) groups excluding carboxylic acids is 3. The average Bonchev–Trinajstić information content (AvgIpc) is 2.96. The van der Waals surface area contributed by atoms with Gasteiger partial charge < -0.3 is 15.0 Å². The lowest BCUT2D eigenvalue weighted by molar-refractivity contribution is -0.151. The molecule has 0 radical (unpaired) electrons. The number of nitrogens with zero attached hydrogens (tertiary/aromatic N) is 1. The van der Waals surface area contributed by atoms with Crippen molar-refractivity contribution in [3.05, 3.63) is 35.4 Å². The maximum Gasteiger partial charge on any atom is 0.325 e. The van der Waals surface area contributed by atoms with Crippen LogP contribution in [0.1, 0.15) is 22.3 Å². The second kappa shape index (κ2) is 8.31. The maximum atomic E-state index is 12.0. The third-order valence-electron chi connectivity index (χ3n) is 4.18. The monoisotopic (exact) mass is 382 g/mol. The van der Waals surface area contributed by atoms with Gasteiger partial charge in [0.15, 0.2) is 16.4 Å². The zero-order chi connectivity index (χ0) is 19.3. The normalized spacial score (nSPS) is 18.2. The molecule has 1 fully saturated rings. The van der Waals surface area contributed by atoms with Crippen molar-refractivity contribution in [2.75, 3.05) is 31.7 Å². The highest BCUT2D eigenvalue weighted by atomic mass is 32.2. The third-order valence-corrected chi connectivity index (χ3v) is 5.93. The lowest BCUT2D eigenvalue weighted by Crippen LogP contribution is -2.41. The van der Waals surface area contributed by atoms with Gasteiger partial charge in [0, 0.05) is 18.7 Å². The van der Waals surface area contributed by atoms with Crippen molar-refractivity contribution < 1.29 is 27.5 Å². The summed E-state index contributed by atoms with van der Waals surface area (Å²) in [7, 11) is -1.61. The summed E-state index contributed by atoms with van der Waals surface area (Å²) in [5.41, 5.74) is 1.35. The number of rotatable bonds is 6. The van der Waals surface area contributed by atoms with E-state index < -0.39 is 40.3 Å². The van der Waals surface area contributed by atoms with Crippen molar-refractivity contribution in [2.45, 2.75) is 19.4 Å². The summed E-state index contributed by atoms with van der Waals surface area (Å²) in [5, 5.41) is 2.43. The molecule has 26 heavy (non-hydrogen) atoms. The van der Waals surface area contributed by atoms with Crippen molar-refractivity contribution in [3.8, 4) is 0 Å². The Morgan fingerprint density at radius 2 is 2.04 bits per heavy atom. The van der Waals surface area contributed by atoms with Gasteiger partial charge in [0.25, 0.3) is 11.8 Å². The predicted octanol–water partition coefficient (Wildman–Crippen LogP) is -0.0865. The van der Waals surface area contributed by atoms with Crippen LogP contribution in [0.2, 0.25) is 0 Å². The van der Waals surface area contributed by atoms with Crippen LogP contribution in [0.4, 0.5) is 0 Å². The molecule has 1 heterocycles. The largest absolute Gasteiger partial charge is 0.454 e. The van der Waals surface area contributed by atoms with E-state index in [0.717, 1.165) is 5.56 Å². The molecule has 1 N–H and O–H groups in total. The van der Waals surface area contributed by atoms with Crippen molar-refractivity contribution in [3.63, 3.8) is 0 Å². The summed E-state index contributed by atoms with van der Waals surface area (Å²) in [6, 6.07) is 6.51. The van der Waals surface area contributed by atoms with Gasteiger partial charge in [0.2, 0.25) is 0 Å². The van der Waals surface area contributed by atoms with E-state index in [1.54, 1.807) is 18.2 Å². The Kier molecular flexibility index (Phi) is 6.36. The van der Waals surface area contributed by atoms with Crippen LogP contribution in [0, 0.1) is 6.92 Å². The Labute approximate surface area is 152 Å². The Morgan fingerprint density at radius 1 is 1.31 bits per heavy atom. The molecule has 0 saturated carbocycles. The predicted molar refractivity (Wildman–Crippen MR) is 94.3 cm³/mol. The minimum Gasteiger partial charge on any atom is -0.454 e. The zero-order valence-electron chi connectivity index (χ0n) is 14.7. The number of ether oxygens (including phenoxy) is 1. The molecule has 0 bridgehead atoms. The highest BCUT2D eigenvalue weighted by Gasteiger charge is 2.32. The molecule has 1 atom stereocenters. The van der Waals surface area contributed by atoms with Crippen LogP contribution in [-0.2, 0) is 24.2 Å². The van der Waals surface area contributed by atoms with E-state index in [2.05, 4.69) is 5.32 Å². The molecular formula is C17H22N2O6S. The van der Waals surface area contributed by atoms with Gasteiger partial charge in [0.05, 0.1) is 11.5 Å². The summed E-state index contributed by atoms with van der Waals surface area (Å²) in [4.78, 5) is 36.9. The van der Waals surface area contributed by atoms with Gasteiger partial charge in [-0.25, -0.2) is 8.42 Å². The molecule has 8 nitrogen and oxygen atoms in total. The first-order valence-corrected chi connectivity index (χ1v) is 9.96. The standard InChI is InChI=1S/C17H22N2O6S/c1-12-4-3-5-13(8-12)17(22)18-9-16(21)25-10-15(20)19(2)14-6-7-26(23,24)11-14/h3-5,8,14H,6-7,9-11H2,1-2H3,(H,18,22)/t14-/m1/s1. The molecule has 1 aromatic rings. The number of amides is 2. The molecule has 142 valence electrons. The van der Waals surface area contributed by atoms with Crippen LogP contribution >= 0.6 is 0 Å². The first-order chi connectivity index (χ1) is 12.2.